The summed E-state index contributed by atoms with van der Waals surface area (Å²) in [6.45, 7) is 0. The molecule has 0 aliphatic heterocycles. The van der Waals surface area contributed by atoms with Crippen molar-refractivity contribution in [1.82, 2.24) is 5.43 Å². The van der Waals surface area contributed by atoms with E-state index in [-0.39, 0.29) is 0 Å². The van der Waals surface area contributed by atoms with E-state index in [0.717, 1.165) is 17.2 Å². The van der Waals surface area contributed by atoms with Crippen molar-refractivity contribution in [3.63, 3.8) is 0 Å². The van der Waals surface area contributed by atoms with Gasteiger partial charge < -0.3 is 15.5 Å². The molecule has 0 heterocycles. The van der Waals surface area contributed by atoms with Crippen molar-refractivity contribution in [2.45, 2.75) is 0 Å². The maximum absolute atomic E-state index is 5.66. The van der Waals surface area contributed by atoms with Crippen LogP contribution in [0, 0.1) is 0 Å². The van der Waals surface area contributed by atoms with E-state index in [0.29, 0.717) is 5.11 Å². The summed E-state index contributed by atoms with van der Waals surface area (Å²) in [5, 5.41) is 3.29. The molecule has 0 radical (unpaired) electrons. The molecule has 0 spiro atoms. The Bertz CT molecular complexity index is 514. The number of rotatable bonds is 3. The lowest BCUT2D eigenvalue weighted by Gasteiger charge is -2.08. The molecule has 92 valence electrons. The van der Waals surface area contributed by atoms with Crippen LogP contribution in [0.2, 0.25) is 0 Å². The lowest BCUT2D eigenvalue weighted by Crippen LogP contribution is -2.34. The Balaban J connectivity index is 2.02. The van der Waals surface area contributed by atoms with Gasteiger partial charge in [0.2, 0.25) is 0 Å². The Morgan fingerprint density at radius 2 is 1.56 bits per heavy atom. The first-order valence-corrected chi connectivity index (χ1v) is 5.79. The fourth-order valence-electron chi connectivity index (χ4n) is 1.40. The third-order valence-electron chi connectivity index (χ3n) is 2.22. The zero-order chi connectivity index (χ0) is 12.8. The maximum Gasteiger partial charge on any atom is 0.185 e. The maximum atomic E-state index is 5.66. The average molecular weight is 259 g/mol. The molecule has 18 heavy (non-hydrogen) atoms. The summed E-state index contributed by atoms with van der Waals surface area (Å²) in [6, 6.07) is 17.0. The van der Waals surface area contributed by atoms with Gasteiger partial charge in [-0.05, 0) is 48.6 Å². The van der Waals surface area contributed by atoms with Crippen LogP contribution in [0.4, 0.5) is 5.69 Å². The van der Waals surface area contributed by atoms with Gasteiger partial charge in [-0.15, -0.1) is 0 Å². The van der Waals surface area contributed by atoms with Crippen molar-refractivity contribution in [2.75, 3.05) is 5.32 Å². The van der Waals surface area contributed by atoms with E-state index in [4.69, 9.17) is 22.8 Å². The van der Waals surface area contributed by atoms with Crippen LogP contribution in [0.15, 0.2) is 54.6 Å². The molecule has 0 fully saturated rings. The number of thiocarbonyl (C=S) groups is 1. The molecule has 5 heteroatoms. The second kappa shape index (κ2) is 6.00. The molecule has 0 saturated carbocycles. The molecular formula is C13H13N3OS. The molecule has 4 N–H and O–H groups in total. The lowest BCUT2D eigenvalue weighted by atomic mass is 10.3. The zero-order valence-electron chi connectivity index (χ0n) is 9.59. The largest absolute Gasteiger partial charge is 0.457 e. The van der Waals surface area contributed by atoms with Gasteiger partial charge in [0.15, 0.2) is 5.11 Å². The molecule has 2 aromatic carbocycles. The first-order chi connectivity index (χ1) is 8.78. The highest BCUT2D eigenvalue weighted by Gasteiger charge is 1.98. The molecule has 4 nitrogen and oxygen atoms in total. The number of hydrazine groups is 1. The van der Waals surface area contributed by atoms with E-state index in [1.165, 1.54) is 0 Å². The Morgan fingerprint density at radius 3 is 2.17 bits per heavy atom. The summed E-state index contributed by atoms with van der Waals surface area (Å²) in [5.74, 6) is 6.74. The molecule has 2 rings (SSSR count). The summed E-state index contributed by atoms with van der Waals surface area (Å²) in [4.78, 5) is 0. The first-order valence-electron chi connectivity index (χ1n) is 5.38. The number of ether oxygens (including phenoxy) is 1. The Kier molecular flexibility index (Phi) is 4.11. The van der Waals surface area contributed by atoms with Crippen molar-refractivity contribution in [2.24, 2.45) is 5.84 Å². The van der Waals surface area contributed by atoms with E-state index in [2.05, 4.69) is 10.7 Å². The third kappa shape index (κ3) is 3.44. The van der Waals surface area contributed by atoms with Gasteiger partial charge in [-0.3, -0.25) is 0 Å². The monoisotopic (exact) mass is 259 g/mol. The first kappa shape index (κ1) is 12.3. The van der Waals surface area contributed by atoms with Crippen molar-refractivity contribution in [3.05, 3.63) is 54.6 Å². The number of hydrogen-bond donors (Lipinski definition) is 3. The van der Waals surface area contributed by atoms with Crippen LogP contribution < -0.4 is 21.3 Å². The van der Waals surface area contributed by atoms with Crippen molar-refractivity contribution in [3.8, 4) is 11.5 Å². The minimum Gasteiger partial charge on any atom is -0.457 e. The normalized spacial score (nSPS) is 9.61. The minimum absolute atomic E-state index is 0.367. The minimum atomic E-state index is 0.367. The van der Waals surface area contributed by atoms with Crippen molar-refractivity contribution in [1.29, 1.82) is 0 Å². The summed E-state index contributed by atoms with van der Waals surface area (Å²) < 4.78 is 5.66. The van der Waals surface area contributed by atoms with Gasteiger partial charge in [-0.1, -0.05) is 18.2 Å². The van der Waals surface area contributed by atoms with Gasteiger partial charge in [-0.2, -0.15) is 0 Å². The summed E-state index contributed by atoms with van der Waals surface area (Å²) in [7, 11) is 0. The number of nitrogens with two attached hydrogens (primary N) is 1. The fraction of sp³-hybridized carbons (Fsp3) is 0. The van der Waals surface area contributed by atoms with Crippen LogP contribution in [0.25, 0.3) is 0 Å². The average Bonchev–Trinajstić information content (AvgIpc) is 2.42. The van der Waals surface area contributed by atoms with E-state index in [9.17, 15) is 0 Å². The molecule has 0 amide bonds. The molecule has 0 aliphatic carbocycles. The number of hydrogen-bond acceptors (Lipinski definition) is 3. The number of anilines is 1. The third-order valence-corrected chi connectivity index (χ3v) is 2.44. The van der Waals surface area contributed by atoms with E-state index < -0.39 is 0 Å². The molecule has 0 bridgehead atoms. The fourth-order valence-corrected chi connectivity index (χ4v) is 1.52. The highest BCUT2D eigenvalue weighted by molar-refractivity contribution is 7.80. The van der Waals surface area contributed by atoms with Gasteiger partial charge in [0, 0.05) is 5.69 Å². The molecule has 0 unspecified atom stereocenters. The molecule has 0 saturated heterocycles. The molecule has 0 atom stereocenters. The number of para-hydroxylation sites is 1. The topological polar surface area (TPSA) is 59.3 Å². The Morgan fingerprint density at radius 1 is 0.944 bits per heavy atom. The van der Waals surface area contributed by atoms with E-state index in [1.807, 2.05) is 54.6 Å². The van der Waals surface area contributed by atoms with Crippen LogP contribution in [-0.2, 0) is 0 Å². The van der Waals surface area contributed by atoms with E-state index >= 15 is 0 Å². The highest BCUT2D eigenvalue weighted by Crippen LogP contribution is 2.22. The van der Waals surface area contributed by atoms with Gasteiger partial charge in [0.1, 0.15) is 11.5 Å². The molecule has 0 aromatic heterocycles. The molecular weight excluding hydrogens is 246 g/mol. The standard InChI is InChI=1S/C13H13N3OS/c14-16-13(18)15-10-6-8-12(9-7-10)17-11-4-2-1-3-5-11/h1-9H,14H2,(H2,15,16,18). The van der Waals surface area contributed by atoms with Gasteiger partial charge in [-0.25, -0.2) is 5.84 Å². The second-order valence-electron chi connectivity index (χ2n) is 3.54. The van der Waals surface area contributed by atoms with Gasteiger partial charge in [0.25, 0.3) is 0 Å². The van der Waals surface area contributed by atoms with Gasteiger partial charge in [0.05, 0.1) is 0 Å². The zero-order valence-corrected chi connectivity index (χ0v) is 10.4. The highest BCUT2D eigenvalue weighted by atomic mass is 32.1. The van der Waals surface area contributed by atoms with Gasteiger partial charge >= 0.3 is 0 Å². The molecule has 0 aliphatic rings. The summed E-state index contributed by atoms with van der Waals surface area (Å²) in [5.41, 5.74) is 3.20. The molecule has 2 aromatic rings. The van der Waals surface area contributed by atoms with Crippen LogP contribution in [0.3, 0.4) is 0 Å². The van der Waals surface area contributed by atoms with Crippen LogP contribution >= 0.6 is 12.2 Å². The van der Waals surface area contributed by atoms with Crippen LogP contribution in [-0.4, -0.2) is 5.11 Å². The van der Waals surface area contributed by atoms with E-state index in [1.54, 1.807) is 0 Å². The SMILES string of the molecule is NNC(=S)Nc1ccc(Oc2ccccc2)cc1. The second-order valence-corrected chi connectivity index (χ2v) is 3.95. The number of benzene rings is 2. The number of nitrogens with one attached hydrogen (secondary N) is 2. The van der Waals surface area contributed by atoms with Crippen LogP contribution in [0.1, 0.15) is 0 Å². The smallest absolute Gasteiger partial charge is 0.185 e. The summed E-state index contributed by atoms with van der Waals surface area (Å²) in [6.07, 6.45) is 0. The Labute approximate surface area is 111 Å². The Hall–Kier alpha value is -2.11. The predicted molar refractivity (Wildman–Crippen MR) is 76.5 cm³/mol. The summed E-state index contributed by atoms with van der Waals surface area (Å²) >= 11 is 4.90. The predicted octanol–water partition coefficient (Wildman–Crippen LogP) is 2.64. The van der Waals surface area contributed by atoms with Crippen LogP contribution in [0.5, 0.6) is 11.5 Å². The van der Waals surface area contributed by atoms with Crippen molar-refractivity contribution < 1.29 is 4.74 Å². The quantitative estimate of drug-likeness (QED) is 0.449. The van der Waals surface area contributed by atoms with Crippen molar-refractivity contribution >= 4 is 23.0 Å². The lowest BCUT2D eigenvalue weighted by molar-refractivity contribution is 0.483.